The number of ether oxygens (including phenoxy) is 1. The maximum atomic E-state index is 12.0. The number of anilines is 1. The number of amides is 2. The van der Waals surface area contributed by atoms with Crippen molar-refractivity contribution in [3.8, 4) is 0 Å². The number of benzene rings is 1. The summed E-state index contributed by atoms with van der Waals surface area (Å²) in [4.78, 5) is 12.0. The second kappa shape index (κ2) is 6.43. The average molecular weight is 275 g/mol. The van der Waals surface area contributed by atoms with Crippen molar-refractivity contribution in [1.82, 2.24) is 9.88 Å². The number of nitrogens with zero attached hydrogens (tertiary/aromatic N) is 1. The van der Waals surface area contributed by atoms with E-state index in [9.17, 15) is 4.79 Å². The highest BCUT2D eigenvalue weighted by atomic mass is 16.5. The minimum absolute atomic E-state index is 0.0282. The maximum absolute atomic E-state index is 12.0. The van der Waals surface area contributed by atoms with Crippen LogP contribution in [0.1, 0.15) is 13.8 Å². The highest BCUT2D eigenvalue weighted by molar-refractivity contribution is 6.01. The van der Waals surface area contributed by atoms with Gasteiger partial charge in [-0.3, -0.25) is 0 Å². The maximum Gasteiger partial charge on any atom is 0.319 e. The van der Waals surface area contributed by atoms with E-state index in [1.807, 2.05) is 31.3 Å². The van der Waals surface area contributed by atoms with Gasteiger partial charge in [0.2, 0.25) is 0 Å². The van der Waals surface area contributed by atoms with Crippen LogP contribution in [0.2, 0.25) is 0 Å². The monoisotopic (exact) mass is 275 g/mol. The van der Waals surface area contributed by atoms with Gasteiger partial charge >= 0.3 is 6.03 Å². The summed E-state index contributed by atoms with van der Waals surface area (Å²) in [6, 6.07) is 7.79. The minimum Gasteiger partial charge on any atom is -0.383 e. The second-order valence-corrected chi connectivity index (χ2v) is 4.80. The Hall–Kier alpha value is -2.01. The summed E-state index contributed by atoms with van der Waals surface area (Å²) < 4.78 is 7.11. The zero-order chi connectivity index (χ0) is 14.5. The predicted molar refractivity (Wildman–Crippen MR) is 81.1 cm³/mol. The van der Waals surface area contributed by atoms with Crippen molar-refractivity contribution in [3.05, 3.63) is 30.5 Å². The molecule has 0 saturated carbocycles. The number of hydrogen-bond acceptors (Lipinski definition) is 2. The molecule has 5 nitrogen and oxygen atoms in total. The van der Waals surface area contributed by atoms with Crippen molar-refractivity contribution in [3.63, 3.8) is 0 Å². The van der Waals surface area contributed by atoms with Gasteiger partial charge in [0.15, 0.2) is 0 Å². The van der Waals surface area contributed by atoms with Crippen LogP contribution in [-0.2, 0) is 11.3 Å². The largest absolute Gasteiger partial charge is 0.383 e. The van der Waals surface area contributed by atoms with Gasteiger partial charge in [0, 0.05) is 25.2 Å². The summed E-state index contributed by atoms with van der Waals surface area (Å²) in [6.45, 7) is 5.34. The van der Waals surface area contributed by atoms with Gasteiger partial charge in [0.25, 0.3) is 0 Å². The van der Waals surface area contributed by atoms with Crippen LogP contribution in [0.4, 0.5) is 10.5 Å². The average Bonchev–Trinajstić information content (AvgIpc) is 2.77. The van der Waals surface area contributed by atoms with Crippen LogP contribution >= 0.6 is 0 Å². The number of hydrogen-bond donors (Lipinski definition) is 2. The third-order valence-corrected chi connectivity index (χ3v) is 3.17. The Kier molecular flexibility index (Phi) is 4.63. The van der Waals surface area contributed by atoms with Gasteiger partial charge in [0.1, 0.15) is 0 Å². The molecule has 1 heterocycles. The topological polar surface area (TPSA) is 55.3 Å². The van der Waals surface area contributed by atoms with Crippen LogP contribution in [0.3, 0.4) is 0 Å². The van der Waals surface area contributed by atoms with E-state index in [0.29, 0.717) is 6.61 Å². The van der Waals surface area contributed by atoms with Crippen molar-refractivity contribution < 1.29 is 9.53 Å². The first-order chi connectivity index (χ1) is 9.65. The predicted octanol–water partition coefficient (Wildman–Crippen LogP) is 2.82. The zero-order valence-electron chi connectivity index (χ0n) is 12.1. The second-order valence-electron chi connectivity index (χ2n) is 4.80. The molecule has 2 N–H and O–H groups in total. The molecule has 1 aromatic heterocycles. The lowest BCUT2D eigenvalue weighted by Crippen LogP contribution is -2.38. The fourth-order valence-corrected chi connectivity index (χ4v) is 2.28. The van der Waals surface area contributed by atoms with E-state index in [4.69, 9.17) is 4.74 Å². The number of fused-ring (bicyclic) bond motifs is 1. The first-order valence-electron chi connectivity index (χ1n) is 6.80. The van der Waals surface area contributed by atoms with Gasteiger partial charge in [-0.25, -0.2) is 4.79 Å². The summed E-state index contributed by atoms with van der Waals surface area (Å²) >= 11 is 0. The molecule has 0 aliphatic carbocycles. The lowest BCUT2D eigenvalue weighted by molar-refractivity contribution is 0.173. The molecule has 2 rings (SSSR count). The van der Waals surface area contributed by atoms with Gasteiger partial charge < -0.3 is 19.9 Å². The first-order valence-corrected chi connectivity index (χ1v) is 6.80. The summed E-state index contributed by atoms with van der Waals surface area (Å²) in [7, 11) is 1.62. The molecule has 0 radical (unpaired) electrons. The number of methoxy groups -OCH3 is 1. The van der Waals surface area contributed by atoms with Gasteiger partial charge in [-0.1, -0.05) is 18.2 Å². The Morgan fingerprint density at radius 2 is 2.15 bits per heavy atom. The Morgan fingerprint density at radius 1 is 1.40 bits per heavy atom. The van der Waals surface area contributed by atoms with Crippen LogP contribution in [0, 0.1) is 0 Å². The number of aromatic nitrogens is 1. The Balaban J connectivity index is 2.15. The third kappa shape index (κ3) is 3.11. The third-order valence-electron chi connectivity index (χ3n) is 3.17. The van der Waals surface area contributed by atoms with E-state index in [1.165, 1.54) is 0 Å². The number of carbonyl (C=O) groups excluding carboxylic acids is 1. The quantitative estimate of drug-likeness (QED) is 0.881. The smallest absolute Gasteiger partial charge is 0.319 e. The van der Waals surface area contributed by atoms with Gasteiger partial charge in [-0.2, -0.15) is 0 Å². The van der Waals surface area contributed by atoms with E-state index >= 15 is 0 Å². The standard InChI is InChI=1S/C15H21N3O2/c1-4-18-9-13(12-7-5-6-8-14(12)18)17-15(19)16-11(2)10-20-3/h5-9,11H,4,10H2,1-3H3,(H2,16,17,19). The Labute approximate surface area is 118 Å². The highest BCUT2D eigenvalue weighted by Gasteiger charge is 2.11. The Bertz CT molecular complexity index is 592. The van der Waals surface area contributed by atoms with Crippen LogP contribution in [0.15, 0.2) is 30.5 Å². The van der Waals surface area contributed by atoms with Crippen LogP contribution in [-0.4, -0.2) is 30.4 Å². The molecule has 0 aliphatic heterocycles. The number of carbonyl (C=O) groups is 1. The number of nitrogens with one attached hydrogen (secondary N) is 2. The van der Waals surface area contributed by atoms with Crippen LogP contribution < -0.4 is 10.6 Å². The van der Waals surface area contributed by atoms with E-state index in [2.05, 4.69) is 28.2 Å². The molecule has 108 valence electrons. The molecule has 2 aromatic rings. The van der Waals surface area contributed by atoms with E-state index in [1.54, 1.807) is 7.11 Å². The molecule has 2 amide bonds. The lowest BCUT2D eigenvalue weighted by Gasteiger charge is -2.13. The fraction of sp³-hybridized carbons (Fsp3) is 0.400. The van der Waals surface area contributed by atoms with Crippen molar-refractivity contribution >= 4 is 22.6 Å². The molecule has 1 aromatic carbocycles. The summed E-state index contributed by atoms with van der Waals surface area (Å²) in [5, 5.41) is 6.78. The molecular formula is C15H21N3O2. The molecule has 0 spiro atoms. The molecule has 5 heteroatoms. The molecule has 0 fully saturated rings. The highest BCUT2D eigenvalue weighted by Crippen LogP contribution is 2.25. The van der Waals surface area contributed by atoms with Gasteiger partial charge in [-0.05, 0) is 19.9 Å². The molecule has 1 atom stereocenters. The molecular weight excluding hydrogens is 254 g/mol. The van der Waals surface area contributed by atoms with E-state index < -0.39 is 0 Å². The van der Waals surface area contributed by atoms with Crippen molar-refractivity contribution in [2.24, 2.45) is 0 Å². The molecule has 20 heavy (non-hydrogen) atoms. The van der Waals surface area contributed by atoms with Crippen molar-refractivity contribution in [2.75, 3.05) is 19.0 Å². The number of urea groups is 1. The summed E-state index contributed by atoms with van der Waals surface area (Å²) in [5.74, 6) is 0. The van der Waals surface area contributed by atoms with Crippen molar-refractivity contribution in [2.45, 2.75) is 26.4 Å². The molecule has 0 saturated heterocycles. The van der Waals surface area contributed by atoms with Crippen molar-refractivity contribution in [1.29, 1.82) is 0 Å². The zero-order valence-corrected chi connectivity index (χ0v) is 12.1. The van der Waals surface area contributed by atoms with E-state index in [-0.39, 0.29) is 12.1 Å². The summed E-state index contributed by atoms with van der Waals surface area (Å²) in [6.07, 6.45) is 1.96. The molecule has 1 unspecified atom stereocenters. The van der Waals surface area contributed by atoms with Gasteiger partial charge in [0.05, 0.1) is 23.9 Å². The fourth-order valence-electron chi connectivity index (χ4n) is 2.28. The van der Waals surface area contributed by atoms with Crippen LogP contribution in [0.5, 0.6) is 0 Å². The minimum atomic E-state index is -0.214. The SMILES string of the molecule is CCn1cc(NC(=O)NC(C)COC)c2ccccc21. The van der Waals surface area contributed by atoms with E-state index in [0.717, 1.165) is 23.1 Å². The van der Waals surface area contributed by atoms with Crippen LogP contribution in [0.25, 0.3) is 10.9 Å². The Morgan fingerprint density at radius 3 is 2.85 bits per heavy atom. The van der Waals surface area contributed by atoms with Gasteiger partial charge in [-0.15, -0.1) is 0 Å². The lowest BCUT2D eigenvalue weighted by atomic mass is 10.2. The number of rotatable bonds is 5. The first kappa shape index (κ1) is 14.4. The number of para-hydroxylation sites is 1. The summed E-state index contributed by atoms with van der Waals surface area (Å²) in [5.41, 5.74) is 1.94. The number of aryl methyl sites for hydroxylation is 1. The normalized spacial score (nSPS) is 12.3. The molecule has 0 aliphatic rings. The molecule has 0 bridgehead atoms.